The van der Waals surface area contributed by atoms with Crippen LogP contribution in [0.25, 0.3) is 20.5 Å². The first-order valence-corrected chi connectivity index (χ1v) is 9.40. The van der Waals surface area contributed by atoms with Crippen LogP contribution in [0.15, 0.2) is 47.5 Å². The lowest BCUT2D eigenvalue weighted by molar-refractivity contribution is -0.117. The van der Waals surface area contributed by atoms with Crippen LogP contribution in [0.1, 0.15) is 17.5 Å². The van der Waals surface area contributed by atoms with Crippen LogP contribution in [0.2, 0.25) is 0 Å². The van der Waals surface area contributed by atoms with Crippen molar-refractivity contribution in [2.24, 2.45) is 10.7 Å². The standard InChI is InChI=1S/C20H18N4O2S/c21-19(25)5-6-23-20(26)24-14-7-13-10-22-11-16(13)15(9-14)18-8-12-3-1-2-4-17(12)27-18/h1-4,7-10H,5-6,11H2,(H2,21,25)(H2,23,24,26). The van der Waals surface area contributed by atoms with Crippen LogP contribution in [-0.4, -0.2) is 24.7 Å². The lowest BCUT2D eigenvalue weighted by Crippen LogP contribution is -2.31. The Kier molecular flexibility index (Phi) is 4.60. The fraction of sp³-hybridized carbons (Fsp3) is 0.150. The number of hydrogen-bond donors (Lipinski definition) is 3. The number of carbonyl (C=O) groups is 2. The minimum atomic E-state index is -0.448. The van der Waals surface area contributed by atoms with E-state index in [9.17, 15) is 9.59 Å². The third-order valence-corrected chi connectivity index (χ3v) is 5.52. The normalized spacial score (nSPS) is 12.1. The Morgan fingerprint density at radius 1 is 1.19 bits per heavy atom. The van der Waals surface area contributed by atoms with Crippen molar-refractivity contribution in [1.29, 1.82) is 0 Å². The molecule has 0 saturated heterocycles. The zero-order chi connectivity index (χ0) is 18.8. The molecular formula is C20H18N4O2S. The molecule has 0 atom stereocenters. The second-order valence-corrected chi connectivity index (χ2v) is 7.39. The average Bonchev–Trinajstić information content (AvgIpc) is 3.27. The number of nitrogens with zero attached hydrogens (tertiary/aromatic N) is 1. The Morgan fingerprint density at radius 2 is 2.04 bits per heavy atom. The van der Waals surface area contributed by atoms with Crippen LogP contribution in [0, 0.1) is 0 Å². The molecule has 0 fully saturated rings. The predicted octanol–water partition coefficient (Wildman–Crippen LogP) is 3.50. The molecule has 0 spiro atoms. The minimum absolute atomic E-state index is 0.108. The maximum Gasteiger partial charge on any atom is 0.319 e. The van der Waals surface area contributed by atoms with Crippen LogP contribution in [0.4, 0.5) is 10.5 Å². The molecule has 1 aliphatic heterocycles. The van der Waals surface area contributed by atoms with Gasteiger partial charge in [-0.05, 0) is 40.8 Å². The molecule has 3 aromatic rings. The van der Waals surface area contributed by atoms with Gasteiger partial charge in [0.25, 0.3) is 0 Å². The van der Waals surface area contributed by atoms with Gasteiger partial charge in [-0.25, -0.2) is 4.79 Å². The lowest BCUT2D eigenvalue weighted by atomic mass is 10.0. The van der Waals surface area contributed by atoms with Crippen molar-refractivity contribution in [1.82, 2.24) is 5.32 Å². The van der Waals surface area contributed by atoms with Crippen molar-refractivity contribution >= 4 is 45.3 Å². The summed E-state index contributed by atoms with van der Waals surface area (Å²) in [5, 5.41) is 6.66. The van der Waals surface area contributed by atoms with E-state index in [1.165, 1.54) is 15.6 Å². The van der Waals surface area contributed by atoms with Gasteiger partial charge in [0.2, 0.25) is 5.91 Å². The number of anilines is 1. The Balaban J connectivity index is 1.63. The smallest absolute Gasteiger partial charge is 0.319 e. The van der Waals surface area contributed by atoms with Gasteiger partial charge in [0.05, 0.1) is 6.54 Å². The van der Waals surface area contributed by atoms with Crippen LogP contribution in [0.5, 0.6) is 0 Å². The van der Waals surface area contributed by atoms with Crippen molar-refractivity contribution < 1.29 is 9.59 Å². The summed E-state index contributed by atoms with van der Waals surface area (Å²) in [6, 6.07) is 14.0. The van der Waals surface area contributed by atoms with Crippen molar-refractivity contribution in [3.8, 4) is 10.4 Å². The molecule has 0 unspecified atom stereocenters. The van der Waals surface area contributed by atoms with Crippen LogP contribution < -0.4 is 16.4 Å². The summed E-state index contributed by atoms with van der Waals surface area (Å²) >= 11 is 1.73. The third-order valence-electron chi connectivity index (χ3n) is 4.37. The summed E-state index contributed by atoms with van der Waals surface area (Å²) in [6.07, 6.45) is 1.94. The number of carbonyl (C=O) groups excluding carboxylic acids is 2. The molecule has 4 N–H and O–H groups in total. The molecule has 6 nitrogen and oxygen atoms in total. The maximum atomic E-state index is 12.1. The maximum absolute atomic E-state index is 12.1. The molecule has 27 heavy (non-hydrogen) atoms. The molecule has 3 amide bonds. The Bertz CT molecular complexity index is 1040. The van der Waals surface area contributed by atoms with E-state index in [1.807, 2.05) is 30.5 Å². The minimum Gasteiger partial charge on any atom is -0.370 e. The number of thiophene rings is 1. The highest BCUT2D eigenvalue weighted by molar-refractivity contribution is 7.22. The largest absolute Gasteiger partial charge is 0.370 e. The van der Waals surface area contributed by atoms with Gasteiger partial charge >= 0.3 is 6.03 Å². The fourth-order valence-corrected chi connectivity index (χ4v) is 4.21. The molecule has 136 valence electrons. The van der Waals surface area contributed by atoms with E-state index in [4.69, 9.17) is 5.73 Å². The van der Waals surface area contributed by atoms with Gasteiger partial charge < -0.3 is 16.4 Å². The summed E-state index contributed by atoms with van der Waals surface area (Å²) in [4.78, 5) is 28.4. The van der Waals surface area contributed by atoms with E-state index in [1.54, 1.807) is 11.3 Å². The number of fused-ring (bicyclic) bond motifs is 2. The zero-order valence-corrected chi connectivity index (χ0v) is 15.3. The first kappa shape index (κ1) is 17.2. The van der Waals surface area contributed by atoms with Gasteiger partial charge in [-0.15, -0.1) is 11.3 Å². The lowest BCUT2D eigenvalue weighted by Gasteiger charge is -2.12. The molecule has 0 radical (unpaired) electrons. The monoisotopic (exact) mass is 378 g/mol. The van der Waals surface area contributed by atoms with Gasteiger partial charge in [-0.3, -0.25) is 9.79 Å². The van der Waals surface area contributed by atoms with E-state index in [0.717, 1.165) is 16.0 Å². The first-order valence-electron chi connectivity index (χ1n) is 8.59. The molecule has 2 aromatic carbocycles. The number of rotatable bonds is 5. The molecule has 1 aromatic heterocycles. The number of aliphatic imine (C=N–C) groups is 1. The summed E-state index contributed by atoms with van der Waals surface area (Å²) in [6.45, 7) is 0.848. The van der Waals surface area contributed by atoms with Gasteiger partial charge in [-0.1, -0.05) is 18.2 Å². The highest BCUT2D eigenvalue weighted by Crippen LogP contribution is 2.38. The van der Waals surface area contributed by atoms with Crippen LogP contribution >= 0.6 is 11.3 Å². The number of amides is 3. The number of hydrogen-bond acceptors (Lipinski definition) is 4. The van der Waals surface area contributed by atoms with Gasteiger partial charge in [-0.2, -0.15) is 0 Å². The molecule has 0 bridgehead atoms. The number of nitrogens with one attached hydrogen (secondary N) is 2. The number of benzene rings is 2. The van der Waals surface area contributed by atoms with Gasteiger partial charge in [0.15, 0.2) is 0 Å². The predicted molar refractivity (Wildman–Crippen MR) is 109 cm³/mol. The van der Waals surface area contributed by atoms with Crippen molar-refractivity contribution in [3.63, 3.8) is 0 Å². The quantitative estimate of drug-likeness (QED) is 0.633. The number of primary amides is 1. The third kappa shape index (κ3) is 3.68. The van der Waals surface area contributed by atoms with E-state index < -0.39 is 5.91 Å². The van der Waals surface area contributed by atoms with Crippen molar-refractivity contribution in [2.45, 2.75) is 13.0 Å². The molecule has 4 rings (SSSR count). The number of nitrogens with two attached hydrogens (primary N) is 1. The van der Waals surface area contributed by atoms with E-state index >= 15 is 0 Å². The highest BCUT2D eigenvalue weighted by Gasteiger charge is 2.17. The van der Waals surface area contributed by atoms with Crippen LogP contribution in [0.3, 0.4) is 0 Å². The molecule has 1 aliphatic rings. The summed E-state index contributed by atoms with van der Waals surface area (Å²) in [7, 11) is 0. The molecule has 7 heteroatoms. The fourth-order valence-electron chi connectivity index (χ4n) is 3.10. The molecule has 2 heterocycles. The highest BCUT2D eigenvalue weighted by atomic mass is 32.1. The SMILES string of the molecule is NC(=O)CCNC(=O)Nc1cc2c(c(-c3cc4ccccc4s3)c1)CN=C2. The summed E-state index contributed by atoms with van der Waals surface area (Å²) < 4.78 is 1.22. The first-order chi connectivity index (χ1) is 13.1. The second-order valence-electron chi connectivity index (χ2n) is 6.31. The van der Waals surface area contributed by atoms with Gasteiger partial charge in [0, 0.05) is 40.0 Å². The molecule has 0 saturated carbocycles. The summed E-state index contributed by atoms with van der Waals surface area (Å²) in [5.74, 6) is -0.448. The zero-order valence-electron chi connectivity index (χ0n) is 14.5. The molecular weight excluding hydrogens is 360 g/mol. The van der Waals surface area contributed by atoms with Gasteiger partial charge in [0.1, 0.15) is 0 Å². The molecule has 0 aliphatic carbocycles. The van der Waals surface area contributed by atoms with E-state index in [-0.39, 0.29) is 19.0 Å². The average molecular weight is 378 g/mol. The van der Waals surface area contributed by atoms with E-state index in [2.05, 4.69) is 33.8 Å². The second kappa shape index (κ2) is 7.20. The van der Waals surface area contributed by atoms with E-state index in [0.29, 0.717) is 12.2 Å². The summed E-state index contributed by atoms with van der Waals surface area (Å²) in [5.41, 5.74) is 9.03. The van der Waals surface area contributed by atoms with Crippen molar-refractivity contribution in [2.75, 3.05) is 11.9 Å². The Hall–Kier alpha value is -3.19. The Morgan fingerprint density at radius 3 is 2.85 bits per heavy atom. The van der Waals surface area contributed by atoms with Crippen LogP contribution in [-0.2, 0) is 11.3 Å². The topological polar surface area (TPSA) is 96.6 Å². The number of urea groups is 1. The Labute approximate surface area is 160 Å². The van der Waals surface area contributed by atoms with Crippen molar-refractivity contribution in [3.05, 3.63) is 53.6 Å².